The van der Waals surface area contributed by atoms with Crippen molar-refractivity contribution in [3.8, 4) is 11.8 Å². The minimum atomic E-state index is -0.740. The Balaban J connectivity index is 1.41. The van der Waals surface area contributed by atoms with Gasteiger partial charge in [-0.15, -0.1) is 0 Å². The van der Waals surface area contributed by atoms with Crippen LogP contribution in [-0.2, 0) is 0 Å². The fraction of sp³-hybridized carbons (Fsp3) is 0.448. The quantitative estimate of drug-likeness (QED) is 0.464. The van der Waals surface area contributed by atoms with E-state index in [1.54, 1.807) is 19.2 Å². The molecule has 1 atom stereocenters. The number of hydrogen-bond donors (Lipinski definition) is 3. The molecule has 1 saturated heterocycles. The van der Waals surface area contributed by atoms with E-state index in [0.717, 1.165) is 79.0 Å². The van der Waals surface area contributed by atoms with Gasteiger partial charge in [-0.25, -0.2) is 4.39 Å². The zero-order valence-electron chi connectivity index (χ0n) is 21.6. The summed E-state index contributed by atoms with van der Waals surface area (Å²) >= 11 is 0. The summed E-state index contributed by atoms with van der Waals surface area (Å²) in [5.74, 6) is -0.944. The van der Waals surface area contributed by atoms with Crippen LogP contribution in [0.5, 0.6) is 5.75 Å². The van der Waals surface area contributed by atoms with E-state index in [1.165, 1.54) is 12.8 Å². The number of fused-ring (bicyclic) bond motifs is 1. The summed E-state index contributed by atoms with van der Waals surface area (Å²) in [7, 11) is 0. The summed E-state index contributed by atoms with van der Waals surface area (Å²) in [5.41, 5.74) is 4.21. The molecule has 2 saturated carbocycles. The Morgan fingerprint density at radius 2 is 2.08 bits per heavy atom. The molecule has 3 heterocycles. The number of phenolic OH excluding ortho intramolecular Hbond substituents is 1. The van der Waals surface area contributed by atoms with Crippen molar-refractivity contribution in [2.24, 2.45) is 0 Å². The highest BCUT2D eigenvalue weighted by Crippen LogP contribution is 2.45. The molecule has 196 valence electrons. The van der Waals surface area contributed by atoms with Crippen LogP contribution in [0.4, 0.5) is 10.1 Å². The number of halogens is 1. The molecule has 3 aliphatic rings. The summed E-state index contributed by atoms with van der Waals surface area (Å²) < 4.78 is 14.1. The maximum absolute atomic E-state index is 14.1. The summed E-state index contributed by atoms with van der Waals surface area (Å²) in [6, 6.07) is 5.20. The second kappa shape index (κ2) is 9.21. The molecule has 3 fully saturated rings. The number of hydrogen-bond acceptors (Lipinski definition) is 7. The highest BCUT2D eigenvalue weighted by atomic mass is 19.1. The number of aryl methyl sites for hydroxylation is 1. The van der Waals surface area contributed by atoms with Gasteiger partial charge in [0.05, 0.1) is 34.1 Å². The molecule has 1 spiro atoms. The molecule has 1 aliphatic heterocycles. The molecule has 3 N–H and O–H groups in total. The zero-order valence-corrected chi connectivity index (χ0v) is 21.6. The van der Waals surface area contributed by atoms with Crippen LogP contribution < -0.4 is 15.5 Å². The van der Waals surface area contributed by atoms with E-state index in [0.29, 0.717) is 11.5 Å². The normalized spacial score (nSPS) is 19.2. The predicted molar refractivity (Wildman–Crippen MR) is 142 cm³/mol. The van der Waals surface area contributed by atoms with E-state index in [1.807, 2.05) is 13.0 Å². The molecule has 3 aromatic rings. The summed E-state index contributed by atoms with van der Waals surface area (Å²) in [6.45, 7) is 6.04. The van der Waals surface area contributed by atoms with Gasteiger partial charge in [-0.3, -0.25) is 14.8 Å². The van der Waals surface area contributed by atoms with E-state index in [-0.39, 0.29) is 28.3 Å². The predicted octanol–water partition coefficient (Wildman–Crippen LogP) is 4.36. The molecule has 0 bridgehead atoms. The Kier molecular flexibility index (Phi) is 5.95. The molecule has 8 nitrogen and oxygen atoms in total. The smallest absolute Gasteiger partial charge is 0.255 e. The number of aromatic nitrogens is 2. The number of anilines is 1. The molecular formula is C29H31FN6O2. The highest BCUT2D eigenvalue weighted by molar-refractivity contribution is 6.08. The number of aromatic hydroxyl groups is 1. The molecular weight excluding hydrogens is 483 g/mol. The van der Waals surface area contributed by atoms with Gasteiger partial charge < -0.3 is 20.6 Å². The van der Waals surface area contributed by atoms with Gasteiger partial charge in [-0.1, -0.05) is 0 Å². The Morgan fingerprint density at radius 1 is 1.29 bits per heavy atom. The first-order valence-corrected chi connectivity index (χ1v) is 13.3. The van der Waals surface area contributed by atoms with E-state index in [4.69, 9.17) is 9.97 Å². The molecule has 1 amide bonds. The zero-order chi connectivity index (χ0) is 26.6. The second-order valence-corrected chi connectivity index (χ2v) is 11.0. The molecule has 9 heteroatoms. The summed E-state index contributed by atoms with van der Waals surface area (Å²) in [5, 5.41) is 27.3. The molecule has 1 aromatic carbocycles. The maximum Gasteiger partial charge on any atom is 0.255 e. The van der Waals surface area contributed by atoms with Crippen LogP contribution in [0.2, 0.25) is 0 Å². The summed E-state index contributed by atoms with van der Waals surface area (Å²) in [4.78, 5) is 25.6. The van der Waals surface area contributed by atoms with E-state index >= 15 is 0 Å². The Morgan fingerprint density at radius 3 is 2.79 bits per heavy atom. The molecule has 2 aromatic heterocycles. The van der Waals surface area contributed by atoms with Gasteiger partial charge in [0.25, 0.3) is 5.91 Å². The third-order valence-corrected chi connectivity index (χ3v) is 8.14. The van der Waals surface area contributed by atoms with E-state index < -0.39 is 11.9 Å². The number of phenols is 1. The van der Waals surface area contributed by atoms with E-state index in [2.05, 4.69) is 15.5 Å². The third-order valence-electron chi connectivity index (χ3n) is 8.14. The lowest BCUT2D eigenvalue weighted by molar-refractivity contribution is 0.0939. The van der Waals surface area contributed by atoms with Crippen LogP contribution >= 0.6 is 0 Å². The van der Waals surface area contributed by atoms with Crippen molar-refractivity contribution >= 4 is 22.5 Å². The summed E-state index contributed by atoms with van der Waals surface area (Å²) in [6.07, 6.45) is 7.18. The number of pyridine rings is 2. The van der Waals surface area contributed by atoms with Crippen LogP contribution in [-0.4, -0.2) is 46.2 Å². The van der Waals surface area contributed by atoms with Crippen molar-refractivity contribution in [2.45, 2.75) is 63.5 Å². The Labute approximate surface area is 220 Å². The van der Waals surface area contributed by atoms with Crippen molar-refractivity contribution in [1.82, 2.24) is 20.6 Å². The topological polar surface area (TPSA) is 114 Å². The Hall–Kier alpha value is -3.77. The van der Waals surface area contributed by atoms with Crippen molar-refractivity contribution in [2.75, 3.05) is 24.5 Å². The lowest BCUT2D eigenvalue weighted by Gasteiger charge is -2.27. The van der Waals surface area contributed by atoms with Crippen molar-refractivity contribution in [3.05, 3.63) is 58.3 Å². The molecule has 0 unspecified atom stereocenters. The van der Waals surface area contributed by atoms with Crippen LogP contribution in [0.25, 0.3) is 10.9 Å². The van der Waals surface area contributed by atoms with Gasteiger partial charge in [0.2, 0.25) is 0 Å². The highest BCUT2D eigenvalue weighted by Gasteiger charge is 2.43. The number of nitrogens with one attached hydrogen (secondary N) is 2. The van der Waals surface area contributed by atoms with Crippen LogP contribution in [0.15, 0.2) is 24.4 Å². The number of nitriles is 1. The van der Waals surface area contributed by atoms with Gasteiger partial charge in [0.1, 0.15) is 17.6 Å². The van der Waals surface area contributed by atoms with Gasteiger partial charge in [0.15, 0.2) is 0 Å². The molecule has 38 heavy (non-hydrogen) atoms. The average molecular weight is 515 g/mol. The number of rotatable bonds is 5. The van der Waals surface area contributed by atoms with Gasteiger partial charge in [0, 0.05) is 53.9 Å². The van der Waals surface area contributed by atoms with Gasteiger partial charge in [-0.2, -0.15) is 5.26 Å². The average Bonchev–Trinajstić information content (AvgIpc) is 3.81. The number of carbonyl (C=O) groups is 1. The van der Waals surface area contributed by atoms with Crippen molar-refractivity contribution in [3.63, 3.8) is 0 Å². The molecule has 0 radical (unpaired) electrons. The van der Waals surface area contributed by atoms with Gasteiger partial charge in [-0.05, 0) is 64.2 Å². The standard InChI is InChI=1S/C29H31FN6O2/c1-16-11-22-25(24(34-16)18-3-4-18)32-15-23(26(22)36-9-7-29(5-6-29)33-8-10-36)28(38)35-17(2)21-13-20(30)12-19(14-31)27(21)37/h11-13,15,17-18,33,37H,3-10H2,1-2H3,(H,35,38)/t17-/m0/s1. The Bertz CT molecular complexity index is 1490. The first-order chi connectivity index (χ1) is 18.3. The largest absolute Gasteiger partial charge is 0.506 e. The lowest BCUT2D eigenvalue weighted by Crippen LogP contribution is -2.33. The SMILES string of the molecule is Cc1cc2c(N3CCNC4(CC3)CC4)c(C(=O)N[C@@H](C)c3cc(F)cc(C#N)c3O)cnc2c(C2CC2)n1. The number of amides is 1. The monoisotopic (exact) mass is 514 g/mol. The second-order valence-electron chi connectivity index (χ2n) is 11.0. The van der Waals surface area contributed by atoms with Crippen LogP contribution in [0.1, 0.15) is 83.9 Å². The van der Waals surface area contributed by atoms with Crippen LogP contribution in [0.3, 0.4) is 0 Å². The van der Waals surface area contributed by atoms with Crippen molar-refractivity contribution < 1.29 is 14.3 Å². The number of carbonyl (C=O) groups excluding carboxylic acids is 1. The fourth-order valence-corrected chi connectivity index (χ4v) is 5.68. The van der Waals surface area contributed by atoms with Crippen molar-refractivity contribution in [1.29, 1.82) is 5.26 Å². The number of benzene rings is 1. The third kappa shape index (κ3) is 4.43. The van der Waals surface area contributed by atoms with Crippen LogP contribution in [0, 0.1) is 24.1 Å². The maximum atomic E-state index is 14.1. The fourth-order valence-electron chi connectivity index (χ4n) is 5.68. The lowest BCUT2D eigenvalue weighted by atomic mass is 10.0. The first-order valence-electron chi connectivity index (χ1n) is 13.3. The molecule has 2 aliphatic carbocycles. The minimum Gasteiger partial charge on any atom is -0.506 e. The van der Waals surface area contributed by atoms with E-state index in [9.17, 15) is 19.6 Å². The number of nitrogens with zero attached hydrogens (tertiary/aromatic N) is 4. The van der Waals surface area contributed by atoms with Gasteiger partial charge >= 0.3 is 0 Å². The molecule has 6 rings (SSSR count). The first kappa shape index (κ1) is 24.6. The minimum absolute atomic E-state index is 0.149.